The highest BCUT2D eigenvalue weighted by atomic mass is 33.1. The number of rotatable bonds is 6. The first-order valence-corrected chi connectivity index (χ1v) is 8.07. The predicted octanol–water partition coefficient (Wildman–Crippen LogP) is 2.75. The molecule has 8 heteroatoms. The van der Waals surface area contributed by atoms with Crippen molar-refractivity contribution in [3.63, 3.8) is 0 Å². The number of hydrogen-bond donors (Lipinski definition) is 1. The van der Waals surface area contributed by atoms with Crippen molar-refractivity contribution < 1.29 is 17.9 Å². The van der Waals surface area contributed by atoms with Crippen LogP contribution in [0, 0.1) is 0 Å². The summed E-state index contributed by atoms with van der Waals surface area (Å²) in [6, 6.07) is 0. The van der Waals surface area contributed by atoms with Crippen LogP contribution in [0.5, 0.6) is 0 Å². The van der Waals surface area contributed by atoms with E-state index in [0.717, 1.165) is 0 Å². The Bertz CT molecular complexity index is 97.4. The number of hydrogen-bond acceptors (Lipinski definition) is 6. The van der Waals surface area contributed by atoms with Gasteiger partial charge in [-0.15, -0.1) is 0 Å². The summed E-state index contributed by atoms with van der Waals surface area (Å²) in [6.07, 6.45) is 1.79. The topological polar surface area (TPSA) is 47.9 Å². The summed E-state index contributed by atoms with van der Waals surface area (Å²) in [5.41, 5.74) is 0. The van der Waals surface area contributed by atoms with Crippen molar-refractivity contribution >= 4 is 38.2 Å². The third-order valence-corrected chi connectivity index (χ3v) is 7.26. The molecule has 0 aromatic rings. The van der Waals surface area contributed by atoms with Crippen molar-refractivity contribution in [2.24, 2.45) is 0 Å². The summed E-state index contributed by atoms with van der Waals surface area (Å²) in [5, 5.41) is 0. The molecule has 0 amide bonds. The fourth-order valence-corrected chi connectivity index (χ4v) is 5.81. The van der Waals surface area contributed by atoms with Gasteiger partial charge in [0.25, 0.3) is 7.58 Å². The highest BCUT2D eigenvalue weighted by Gasteiger charge is 2.16. The van der Waals surface area contributed by atoms with Gasteiger partial charge in [-0.3, -0.25) is 3.97 Å². The average Bonchev–Trinajstić information content (AvgIpc) is 2.03. The molecule has 0 aromatic heterocycles. The molecule has 0 aliphatic carbocycles. The van der Waals surface area contributed by atoms with Crippen molar-refractivity contribution in [3.05, 3.63) is 0 Å². The second kappa shape index (κ2) is 8.02. The second-order valence-electron chi connectivity index (χ2n) is 1.15. The van der Waals surface area contributed by atoms with Crippen molar-refractivity contribution in [2.75, 3.05) is 20.5 Å². The Labute approximate surface area is 76.9 Å². The molecule has 0 heterocycles. The van der Waals surface area contributed by atoms with Gasteiger partial charge in [-0.2, -0.15) is 0 Å². The van der Waals surface area contributed by atoms with Gasteiger partial charge in [-0.1, -0.05) is 0 Å². The zero-order valence-corrected chi connectivity index (χ0v) is 9.80. The van der Waals surface area contributed by atoms with Crippen LogP contribution in [-0.2, 0) is 13.0 Å². The molecule has 0 bridgehead atoms. The van der Waals surface area contributed by atoms with Gasteiger partial charge in [0.2, 0.25) is 7.58 Å². The van der Waals surface area contributed by atoms with Crippen molar-refractivity contribution in [1.29, 1.82) is 0 Å². The van der Waals surface area contributed by atoms with Crippen LogP contribution in [0.25, 0.3) is 0 Å². The van der Waals surface area contributed by atoms with Crippen LogP contribution in [0.1, 0.15) is 0 Å². The van der Waals surface area contributed by atoms with E-state index in [1.54, 1.807) is 6.26 Å². The zero-order valence-electron chi connectivity index (χ0n) is 6.38. The van der Waals surface area contributed by atoms with Crippen LogP contribution in [0.3, 0.4) is 0 Å². The summed E-state index contributed by atoms with van der Waals surface area (Å²) >= 11 is 2.38. The third kappa shape index (κ3) is 6.55. The Morgan fingerprint density at radius 1 is 1.27 bits per heavy atom. The first-order chi connectivity index (χ1) is 5.24. The maximum absolute atomic E-state index is 9.04. The van der Waals surface area contributed by atoms with Crippen molar-refractivity contribution in [3.8, 4) is 0 Å². The molecule has 2 unspecified atom stereocenters. The summed E-state index contributed by atoms with van der Waals surface area (Å²) in [4.78, 5) is 9.04. The third-order valence-electron chi connectivity index (χ3n) is 0.577. The molecule has 0 aliphatic rings. The first kappa shape index (κ1) is 12.4. The lowest BCUT2D eigenvalue weighted by atomic mass is 11.8. The SMILES string of the molecule is COP(O)SP(OC)OSC. The maximum atomic E-state index is 9.04. The molecule has 0 spiro atoms. The van der Waals surface area contributed by atoms with Crippen LogP contribution in [0.2, 0.25) is 0 Å². The molecule has 0 aromatic carbocycles. The van der Waals surface area contributed by atoms with E-state index in [0.29, 0.717) is 0 Å². The van der Waals surface area contributed by atoms with Crippen LogP contribution in [0.15, 0.2) is 0 Å². The minimum absolute atomic E-state index is 1.07. The lowest BCUT2D eigenvalue weighted by molar-refractivity contribution is 0.407. The molecule has 0 aliphatic heterocycles. The Morgan fingerprint density at radius 2 is 1.91 bits per heavy atom. The molecular formula is C3H10O4P2S2. The zero-order chi connectivity index (χ0) is 8.69. The van der Waals surface area contributed by atoms with Crippen molar-refractivity contribution in [2.45, 2.75) is 0 Å². The van der Waals surface area contributed by atoms with E-state index in [9.17, 15) is 0 Å². The lowest BCUT2D eigenvalue weighted by Crippen LogP contribution is -1.75. The van der Waals surface area contributed by atoms with Gasteiger partial charge >= 0.3 is 0 Å². The van der Waals surface area contributed by atoms with Gasteiger partial charge in [-0.25, -0.2) is 0 Å². The second-order valence-corrected chi connectivity index (χ2v) is 7.69. The van der Waals surface area contributed by atoms with Gasteiger partial charge in [0.1, 0.15) is 0 Å². The maximum Gasteiger partial charge on any atom is 0.258 e. The summed E-state index contributed by atoms with van der Waals surface area (Å²) < 4.78 is 14.6. The summed E-state index contributed by atoms with van der Waals surface area (Å²) in [5.74, 6) is 0. The predicted molar refractivity (Wildman–Crippen MR) is 52.3 cm³/mol. The average molecular weight is 236 g/mol. The minimum atomic E-state index is -1.45. The smallest absolute Gasteiger partial charge is 0.258 e. The molecule has 4 nitrogen and oxygen atoms in total. The van der Waals surface area contributed by atoms with Gasteiger partial charge in [0.05, 0.1) is 0 Å². The Balaban J connectivity index is 3.49. The standard InChI is InChI=1S/C3H10O4P2S2/c1-5-8(4)11-9(6-2)7-10-3/h4H,1-3H3. The molecular weight excluding hydrogens is 226 g/mol. The molecule has 0 rings (SSSR count). The van der Waals surface area contributed by atoms with E-state index >= 15 is 0 Å². The summed E-state index contributed by atoms with van der Waals surface area (Å²) in [7, 11) is 0.458. The van der Waals surface area contributed by atoms with Gasteiger partial charge in [0, 0.05) is 31.5 Å². The molecule has 1 N–H and O–H groups in total. The van der Waals surface area contributed by atoms with Crippen LogP contribution < -0.4 is 0 Å². The fraction of sp³-hybridized carbons (Fsp3) is 1.00. The van der Waals surface area contributed by atoms with Gasteiger partial charge in [0.15, 0.2) is 0 Å². The van der Waals surface area contributed by atoms with E-state index in [4.69, 9.17) is 13.4 Å². The van der Waals surface area contributed by atoms with Crippen molar-refractivity contribution in [1.82, 2.24) is 0 Å². The molecule has 0 saturated carbocycles. The Kier molecular flexibility index (Phi) is 9.04. The van der Waals surface area contributed by atoms with E-state index in [-0.39, 0.29) is 0 Å². The highest BCUT2D eigenvalue weighted by Crippen LogP contribution is 2.68. The van der Waals surface area contributed by atoms with E-state index in [2.05, 4.69) is 4.52 Å². The Hall–Kier alpha value is 1.40. The summed E-state index contributed by atoms with van der Waals surface area (Å²) in [6.45, 7) is 0. The van der Waals surface area contributed by atoms with Crippen LogP contribution in [-0.4, -0.2) is 25.4 Å². The van der Waals surface area contributed by atoms with Gasteiger partial charge in [-0.05, 0) is 12.0 Å². The Morgan fingerprint density at radius 3 is 2.27 bits per heavy atom. The molecule has 11 heavy (non-hydrogen) atoms. The molecule has 0 fully saturated rings. The van der Waals surface area contributed by atoms with E-state index in [1.807, 2.05) is 0 Å². The lowest BCUT2D eigenvalue weighted by Gasteiger charge is -2.12. The molecule has 68 valence electrons. The largest absolute Gasteiger partial charge is 0.342 e. The minimum Gasteiger partial charge on any atom is -0.342 e. The fourth-order valence-electron chi connectivity index (χ4n) is 0.229. The molecule has 2 atom stereocenters. The monoisotopic (exact) mass is 236 g/mol. The van der Waals surface area contributed by atoms with E-state index in [1.165, 1.54) is 37.3 Å². The molecule has 0 saturated heterocycles. The molecule has 0 radical (unpaired) electrons. The van der Waals surface area contributed by atoms with Gasteiger partial charge < -0.3 is 13.9 Å². The van der Waals surface area contributed by atoms with Crippen LogP contribution in [0.4, 0.5) is 0 Å². The van der Waals surface area contributed by atoms with Crippen LogP contribution >= 0.6 is 38.2 Å². The first-order valence-electron chi connectivity index (χ1n) is 2.50. The van der Waals surface area contributed by atoms with E-state index < -0.39 is 15.2 Å². The highest BCUT2D eigenvalue weighted by molar-refractivity contribution is 8.82. The quantitative estimate of drug-likeness (QED) is 0.565. The normalized spacial score (nSPS) is 16.4.